The van der Waals surface area contributed by atoms with Crippen LogP contribution in [0, 0.1) is 0 Å². The Balaban J connectivity index is 2.28. The molecule has 3 N–H and O–H groups in total. The fourth-order valence-corrected chi connectivity index (χ4v) is 1.74. The first kappa shape index (κ1) is 12.5. The monoisotopic (exact) mass is 214 g/mol. The van der Waals surface area contributed by atoms with Gasteiger partial charge in [0.15, 0.2) is 0 Å². The van der Waals surface area contributed by atoms with Gasteiger partial charge in [0.25, 0.3) is 0 Å². The van der Waals surface area contributed by atoms with Crippen molar-refractivity contribution < 1.29 is 9.53 Å². The van der Waals surface area contributed by atoms with E-state index in [1.165, 1.54) is 0 Å². The smallest absolute Gasteiger partial charge is 0.221 e. The Hall–Kier alpha value is -0.610. The number of amides is 1. The minimum atomic E-state index is -0.443. The van der Waals surface area contributed by atoms with Crippen LogP contribution in [0.5, 0.6) is 0 Å². The summed E-state index contributed by atoms with van der Waals surface area (Å²) in [4.78, 5) is 11.5. The highest BCUT2D eigenvalue weighted by Gasteiger charge is 2.30. The number of ether oxygens (including phenoxy) is 1. The molecule has 1 aliphatic rings. The molecular weight excluding hydrogens is 192 g/mol. The quantitative estimate of drug-likeness (QED) is 0.727. The maximum absolute atomic E-state index is 11.5. The van der Waals surface area contributed by atoms with Gasteiger partial charge in [-0.2, -0.15) is 0 Å². The second-order valence-electron chi connectivity index (χ2n) is 5.34. The van der Waals surface area contributed by atoms with Gasteiger partial charge in [0, 0.05) is 25.1 Å². The van der Waals surface area contributed by atoms with E-state index >= 15 is 0 Å². The molecule has 0 aromatic heterocycles. The zero-order valence-electron chi connectivity index (χ0n) is 9.93. The zero-order chi connectivity index (χ0) is 11.5. The lowest BCUT2D eigenvalue weighted by atomic mass is 10.0. The topological polar surface area (TPSA) is 64.4 Å². The molecule has 4 nitrogen and oxygen atoms in total. The lowest BCUT2D eigenvalue weighted by Gasteiger charge is -2.24. The average molecular weight is 214 g/mol. The van der Waals surface area contributed by atoms with Crippen LogP contribution in [0.1, 0.15) is 40.0 Å². The first-order chi connectivity index (χ1) is 6.81. The Morgan fingerprint density at radius 2 is 2.27 bits per heavy atom. The molecule has 0 aliphatic carbocycles. The number of nitrogens with two attached hydrogens (primary N) is 1. The number of rotatable bonds is 4. The average Bonchev–Trinajstić information content (AvgIpc) is 2.47. The predicted octanol–water partition coefficient (Wildman–Crippen LogP) is 0.799. The largest absolute Gasteiger partial charge is 0.373 e. The molecule has 1 saturated heterocycles. The first-order valence-electron chi connectivity index (χ1n) is 5.50. The van der Waals surface area contributed by atoms with Crippen LogP contribution in [0.4, 0.5) is 0 Å². The van der Waals surface area contributed by atoms with Gasteiger partial charge in [-0.1, -0.05) is 0 Å². The molecule has 1 fully saturated rings. The number of nitrogens with one attached hydrogen (secondary N) is 1. The van der Waals surface area contributed by atoms with Gasteiger partial charge in [-0.25, -0.2) is 0 Å². The van der Waals surface area contributed by atoms with Crippen molar-refractivity contribution in [3.05, 3.63) is 0 Å². The molecule has 4 heteroatoms. The van der Waals surface area contributed by atoms with Crippen LogP contribution in [0.25, 0.3) is 0 Å². The van der Waals surface area contributed by atoms with Crippen LogP contribution in [-0.4, -0.2) is 30.2 Å². The molecule has 0 aromatic rings. The highest BCUT2D eigenvalue weighted by Crippen LogP contribution is 2.23. The normalized spacial score (nSPS) is 26.7. The Labute approximate surface area is 91.5 Å². The molecule has 0 saturated carbocycles. The van der Waals surface area contributed by atoms with E-state index in [4.69, 9.17) is 10.5 Å². The number of hydrogen-bond donors (Lipinski definition) is 2. The summed E-state index contributed by atoms with van der Waals surface area (Å²) >= 11 is 0. The fraction of sp³-hybridized carbons (Fsp3) is 0.909. The van der Waals surface area contributed by atoms with Crippen molar-refractivity contribution in [3.8, 4) is 0 Å². The van der Waals surface area contributed by atoms with E-state index in [9.17, 15) is 4.79 Å². The SMILES string of the molecule is CC(C)(N)CC(=O)NCC1(C)CCCO1. The summed E-state index contributed by atoms with van der Waals surface area (Å²) in [5.41, 5.74) is 5.15. The number of hydrogen-bond acceptors (Lipinski definition) is 3. The van der Waals surface area contributed by atoms with E-state index in [1.807, 2.05) is 20.8 Å². The van der Waals surface area contributed by atoms with Gasteiger partial charge in [0.05, 0.1) is 5.60 Å². The molecule has 15 heavy (non-hydrogen) atoms. The molecule has 0 bridgehead atoms. The van der Waals surface area contributed by atoms with Crippen LogP contribution in [0.15, 0.2) is 0 Å². The highest BCUT2D eigenvalue weighted by molar-refractivity contribution is 5.77. The molecule has 1 rings (SSSR count). The van der Waals surface area contributed by atoms with Crippen LogP contribution in [0.2, 0.25) is 0 Å². The maximum Gasteiger partial charge on any atom is 0.221 e. The summed E-state index contributed by atoms with van der Waals surface area (Å²) in [5.74, 6) is -0.000718. The molecule has 0 aromatic carbocycles. The predicted molar refractivity (Wildman–Crippen MR) is 59.5 cm³/mol. The van der Waals surface area contributed by atoms with Gasteiger partial charge in [-0.3, -0.25) is 4.79 Å². The van der Waals surface area contributed by atoms with E-state index in [0.717, 1.165) is 19.4 Å². The van der Waals surface area contributed by atoms with Gasteiger partial charge >= 0.3 is 0 Å². The Bertz CT molecular complexity index is 227. The van der Waals surface area contributed by atoms with Crippen LogP contribution in [0.3, 0.4) is 0 Å². The summed E-state index contributed by atoms with van der Waals surface area (Å²) in [5, 5.41) is 2.88. The van der Waals surface area contributed by atoms with Crippen molar-refractivity contribution >= 4 is 5.91 Å². The Morgan fingerprint density at radius 3 is 2.73 bits per heavy atom. The van der Waals surface area contributed by atoms with Gasteiger partial charge in [-0.05, 0) is 33.6 Å². The summed E-state index contributed by atoms with van der Waals surface area (Å²) in [6.45, 7) is 7.12. The molecule has 1 atom stereocenters. The van der Waals surface area contributed by atoms with E-state index in [-0.39, 0.29) is 11.5 Å². The van der Waals surface area contributed by atoms with E-state index in [2.05, 4.69) is 5.32 Å². The van der Waals surface area contributed by atoms with Crippen molar-refractivity contribution in [1.29, 1.82) is 0 Å². The lowest BCUT2D eigenvalue weighted by molar-refractivity contribution is -0.123. The van der Waals surface area contributed by atoms with E-state index < -0.39 is 5.54 Å². The molecular formula is C11H22N2O2. The first-order valence-corrected chi connectivity index (χ1v) is 5.50. The van der Waals surface area contributed by atoms with Crippen molar-refractivity contribution in [2.45, 2.75) is 51.2 Å². The molecule has 88 valence electrons. The third-order valence-electron chi connectivity index (χ3n) is 2.58. The van der Waals surface area contributed by atoms with Crippen LogP contribution >= 0.6 is 0 Å². The zero-order valence-corrected chi connectivity index (χ0v) is 9.93. The standard InChI is InChI=1S/C11H22N2O2/c1-10(2,12)7-9(14)13-8-11(3)5-4-6-15-11/h4-8,12H2,1-3H3,(H,13,14). The minimum Gasteiger partial charge on any atom is -0.373 e. The van der Waals surface area contributed by atoms with Gasteiger partial charge < -0.3 is 15.8 Å². The molecule has 0 radical (unpaired) electrons. The van der Waals surface area contributed by atoms with Crippen molar-refractivity contribution in [3.63, 3.8) is 0 Å². The van der Waals surface area contributed by atoms with Gasteiger partial charge in [0.1, 0.15) is 0 Å². The van der Waals surface area contributed by atoms with Gasteiger partial charge in [-0.15, -0.1) is 0 Å². The van der Waals surface area contributed by atoms with Gasteiger partial charge in [0.2, 0.25) is 5.91 Å². The second-order valence-corrected chi connectivity index (χ2v) is 5.34. The Kier molecular flexibility index (Phi) is 3.73. The highest BCUT2D eigenvalue weighted by atomic mass is 16.5. The summed E-state index contributed by atoms with van der Waals surface area (Å²) < 4.78 is 5.57. The third kappa shape index (κ3) is 4.62. The fourth-order valence-electron chi connectivity index (χ4n) is 1.74. The summed E-state index contributed by atoms with van der Waals surface area (Å²) in [6, 6.07) is 0. The minimum absolute atomic E-state index is 0.000718. The lowest BCUT2D eigenvalue weighted by Crippen LogP contribution is -2.44. The second kappa shape index (κ2) is 4.49. The summed E-state index contributed by atoms with van der Waals surface area (Å²) in [6.07, 6.45) is 2.44. The van der Waals surface area contributed by atoms with Crippen molar-refractivity contribution in [2.75, 3.05) is 13.2 Å². The van der Waals surface area contributed by atoms with Crippen LogP contribution in [-0.2, 0) is 9.53 Å². The van der Waals surface area contributed by atoms with E-state index in [1.54, 1.807) is 0 Å². The number of carbonyl (C=O) groups excluding carboxylic acids is 1. The Morgan fingerprint density at radius 1 is 1.60 bits per heavy atom. The summed E-state index contributed by atoms with van der Waals surface area (Å²) in [7, 11) is 0. The molecule has 0 spiro atoms. The van der Waals surface area contributed by atoms with Crippen LogP contribution < -0.4 is 11.1 Å². The maximum atomic E-state index is 11.5. The van der Waals surface area contributed by atoms with Crippen molar-refractivity contribution in [2.24, 2.45) is 5.73 Å². The third-order valence-corrected chi connectivity index (χ3v) is 2.58. The molecule has 1 aliphatic heterocycles. The van der Waals surface area contributed by atoms with E-state index in [0.29, 0.717) is 13.0 Å². The number of carbonyl (C=O) groups is 1. The molecule has 1 amide bonds. The molecule has 1 heterocycles. The molecule has 1 unspecified atom stereocenters. The van der Waals surface area contributed by atoms with Crippen molar-refractivity contribution in [1.82, 2.24) is 5.32 Å².